The summed E-state index contributed by atoms with van der Waals surface area (Å²) in [6.07, 6.45) is 5.21. The van der Waals surface area contributed by atoms with E-state index in [0.29, 0.717) is 13.0 Å². The smallest absolute Gasteiger partial charge is 0.129 e. The summed E-state index contributed by atoms with van der Waals surface area (Å²) in [4.78, 5) is 14.9. The summed E-state index contributed by atoms with van der Waals surface area (Å²) in [5.41, 5.74) is 1.06. The van der Waals surface area contributed by atoms with E-state index in [1.165, 1.54) is 0 Å². The summed E-state index contributed by atoms with van der Waals surface area (Å²) in [5.74, 6) is 0.258. The summed E-state index contributed by atoms with van der Waals surface area (Å²) < 4.78 is 5.47. The van der Waals surface area contributed by atoms with Crippen LogP contribution in [-0.2, 0) is 16.0 Å². The van der Waals surface area contributed by atoms with Gasteiger partial charge in [-0.25, -0.2) is 0 Å². The first-order valence-corrected chi connectivity index (χ1v) is 5.76. The van der Waals surface area contributed by atoms with Crippen LogP contribution >= 0.6 is 0 Å². The van der Waals surface area contributed by atoms with E-state index in [1.807, 2.05) is 18.2 Å². The highest BCUT2D eigenvalue weighted by molar-refractivity contribution is 5.75. The molecule has 1 aromatic rings. The average Bonchev–Trinajstić information content (AvgIpc) is 2.29. The second kappa shape index (κ2) is 7.99. The molecule has 88 valence electrons. The van der Waals surface area contributed by atoms with E-state index in [4.69, 9.17) is 4.74 Å². The fourth-order valence-electron chi connectivity index (χ4n) is 1.40. The van der Waals surface area contributed by atoms with Crippen LogP contribution in [0.4, 0.5) is 0 Å². The molecule has 0 bridgehead atoms. The zero-order valence-corrected chi connectivity index (χ0v) is 9.82. The third kappa shape index (κ3) is 6.30. The molecule has 0 aliphatic rings. The van der Waals surface area contributed by atoms with E-state index in [-0.39, 0.29) is 5.78 Å². The van der Waals surface area contributed by atoms with E-state index in [9.17, 15) is 4.79 Å². The lowest BCUT2D eigenvalue weighted by atomic mass is 10.2. The molecule has 3 heteroatoms. The average molecular weight is 221 g/mol. The number of hydrogen-bond acceptors (Lipinski definition) is 3. The Balaban J connectivity index is 1.94. The molecule has 0 spiro atoms. The highest BCUT2D eigenvalue weighted by atomic mass is 16.5. The highest BCUT2D eigenvalue weighted by Crippen LogP contribution is 1.98. The molecule has 0 unspecified atom stereocenters. The van der Waals surface area contributed by atoms with Gasteiger partial charge in [-0.2, -0.15) is 0 Å². The van der Waals surface area contributed by atoms with Crippen molar-refractivity contribution in [2.75, 3.05) is 13.2 Å². The minimum atomic E-state index is 0.258. The van der Waals surface area contributed by atoms with Gasteiger partial charge >= 0.3 is 0 Å². The first-order chi connectivity index (χ1) is 7.79. The number of rotatable bonds is 8. The van der Waals surface area contributed by atoms with Crippen LogP contribution in [0.25, 0.3) is 0 Å². The Morgan fingerprint density at radius 3 is 2.88 bits per heavy atom. The molecule has 1 aromatic heterocycles. The number of Topliss-reactive ketones (excluding diaryl/α,β-unsaturated/α-hetero) is 1. The summed E-state index contributed by atoms with van der Waals surface area (Å²) >= 11 is 0. The van der Waals surface area contributed by atoms with Crippen molar-refractivity contribution in [3.8, 4) is 0 Å². The Bertz CT molecular complexity index is 298. The molecular formula is C13H19NO2. The fraction of sp³-hybridized carbons (Fsp3) is 0.538. The highest BCUT2D eigenvalue weighted by Gasteiger charge is 1.95. The maximum atomic E-state index is 10.7. The SMILES string of the molecule is CC(=O)CCCCOCCc1ccccn1. The molecule has 1 rings (SSSR count). The number of ketones is 1. The van der Waals surface area contributed by atoms with Crippen molar-refractivity contribution in [3.63, 3.8) is 0 Å². The van der Waals surface area contributed by atoms with E-state index in [2.05, 4.69) is 4.98 Å². The van der Waals surface area contributed by atoms with Gasteiger partial charge in [-0.05, 0) is 31.9 Å². The number of unbranched alkanes of at least 4 members (excludes halogenated alkanes) is 1. The lowest BCUT2D eigenvalue weighted by Gasteiger charge is -2.03. The molecule has 0 aliphatic heterocycles. The fourth-order valence-corrected chi connectivity index (χ4v) is 1.40. The third-order valence-corrected chi connectivity index (χ3v) is 2.30. The zero-order valence-electron chi connectivity index (χ0n) is 9.82. The number of carbonyl (C=O) groups excluding carboxylic acids is 1. The molecule has 0 aliphatic carbocycles. The monoisotopic (exact) mass is 221 g/mol. The van der Waals surface area contributed by atoms with Gasteiger partial charge in [-0.15, -0.1) is 0 Å². The van der Waals surface area contributed by atoms with Gasteiger partial charge in [0.15, 0.2) is 0 Å². The number of pyridine rings is 1. The largest absolute Gasteiger partial charge is 0.381 e. The molecule has 1 heterocycles. The molecule has 3 nitrogen and oxygen atoms in total. The quantitative estimate of drug-likeness (QED) is 0.633. The lowest BCUT2D eigenvalue weighted by Crippen LogP contribution is -2.02. The van der Waals surface area contributed by atoms with Crippen molar-refractivity contribution >= 4 is 5.78 Å². The van der Waals surface area contributed by atoms with E-state index in [0.717, 1.165) is 31.6 Å². The first-order valence-electron chi connectivity index (χ1n) is 5.76. The molecule has 0 aromatic carbocycles. The number of ether oxygens (including phenoxy) is 1. The molecule has 0 saturated heterocycles. The second-order valence-corrected chi connectivity index (χ2v) is 3.84. The van der Waals surface area contributed by atoms with Crippen molar-refractivity contribution in [2.45, 2.75) is 32.6 Å². The minimum absolute atomic E-state index is 0.258. The third-order valence-electron chi connectivity index (χ3n) is 2.30. The van der Waals surface area contributed by atoms with E-state index >= 15 is 0 Å². The lowest BCUT2D eigenvalue weighted by molar-refractivity contribution is -0.117. The van der Waals surface area contributed by atoms with Gasteiger partial charge < -0.3 is 9.53 Å². The summed E-state index contributed by atoms with van der Waals surface area (Å²) in [6.45, 7) is 3.07. The van der Waals surface area contributed by atoms with Crippen LogP contribution in [0.5, 0.6) is 0 Å². The molecule has 0 N–H and O–H groups in total. The zero-order chi connectivity index (χ0) is 11.6. The molecule has 0 saturated carbocycles. The van der Waals surface area contributed by atoms with Crippen molar-refractivity contribution in [3.05, 3.63) is 30.1 Å². The predicted octanol–water partition coefficient (Wildman–Crippen LogP) is 2.40. The Hall–Kier alpha value is -1.22. The van der Waals surface area contributed by atoms with Gasteiger partial charge in [0.05, 0.1) is 6.61 Å². The molecular weight excluding hydrogens is 202 g/mol. The molecule has 0 radical (unpaired) electrons. The summed E-state index contributed by atoms with van der Waals surface area (Å²) in [7, 11) is 0. The normalized spacial score (nSPS) is 10.3. The Morgan fingerprint density at radius 1 is 1.31 bits per heavy atom. The van der Waals surface area contributed by atoms with Crippen LogP contribution in [-0.4, -0.2) is 24.0 Å². The van der Waals surface area contributed by atoms with Crippen molar-refractivity contribution in [1.82, 2.24) is 4.98 Å². The van der Waals surface area contributed by atoms with E-state index in [1.54, 1.807) is 13.1 Å². The second-order valence-electron chi connectivity index (χ2n) is 3.84. The number of aromatic nitrogens is 1. The maximum Gasteiger partial charge on any atom is 0.129 e. The van der Waals surface area contributed by atoms with Gasteiger partial charge in [0, 0.05) is 31.3 Å². The van der Waals surface area contributed by atoms with Gasteiger partial charge in [-0.1, -0.05) is 6.07 Å². The van der Waals surface area contributed by atoms with Crippen molar-refractivity contribution in [1.29, 1.82) is 0 Å². The molecule has 0 amide bonds. The Morgan fingerprint density at radius 2 is 2.19 bits per heavy atom. The number of nitrogens with zero attached hydrogens (tertiary/aromatic N) is 1. The van der Waals surface area contributed by atoms with Gasteiger partial charge in [0.25, 0.3) is 0 Å². The van der Waals surface area contributed by atoms with Crippen LogP contribution in [0.15, 0.2) is 24.4 Å². The summed E-state index contributed by atoms with van der Waals surface area (Å²) in [6, 6.07) is 5.89. The Kier molecular flexibility index (Phi) is 6.42. The van der Waals surface area contributed by atoms with Crippen molar-refractivity contribution < 1.29 is 9.53 Å². The number of carbonyl (C=O) groups is 1. The van der Waals surface area contributed by atoms with E-state index < -0.39 is 0 Å². The van der Waals surface area contributed by atoms with Crippen LogP contribution in [0.3, 0.4) is 0 Å². The molecule has 0 fully saturated rings. The van der Waals surface area contributed by atoms with Gasteiger partial charge in [0.2, 0.25) is 0 Å². The first kappa shape index (κ1) is 12.8. The topological polar surface area (TPSA) is 39.2 Å². The van der Waals surface area contributed by atoms with Crippen LogP contribution in [0, 0.1) is 0 Å². The van der Waals surface area contributed by atoms with Crippen LogP contribution < -0.4 is 0 Å². The van der Waals surface area contributed by atoms with Crippen LogP contribution in [0.2, 0.25) is 0 Å². The van der Waals surface area contributed by atoms with Crippen LogP contribution in [0.1, 0.15) is 31.9 Å². The molecule has 0 atom stereocenters. The minimum Gasteiger partial charge on any atom is -0.381 e. The van der Waals surface area contributed by atoms with Gasteiger partial charge in [-0.3, -0.25) is 4.98 Å². The Labute approximate surface area is 96.8 Å². The molecule has 16 heavy (non-hydrogen) atoms. The predicted molar refractivity (Wildman–Crippen MR) is 63.3 cm³/mol. The standard InChI is InChI=1S/C13H19NO2/c1-12(15)6-3-5-10-16-11-8-13-7-2-4-9-14-13/h2,4,7,9H,3,5-6,8,10-11H2,1H3. The number of hydrogen-bond donors (Lipinski definition) is 0. The van der Waals surface area contributed by atoms with Crippen molar-refractivity contribution in [2.24, 2.45) is 0 Å². The maximum absolute atomic E-state index is 10.7. The van der Waals surface area contributed by atoms with Gasteiger partial charge in [0.1, 0.15) is 5.78 Å². The summed E-state index contributed by atoms with van der Waals surface area (Å²) in [5, 5.41) is 0.